The number of aliphatic hydroxyl groups excluding tert-OH is 1. The first-order valence-electron chi connectivity index (χ1n) is 16.2. The first kappa shape index (κ1) is 30.6. The monoisotopic (exact) mass is 597 g/mol. The van der Waals surface area contributed by atoms with E-state index in [0.29, 0.717) is 12.2 Å². The summed E-state index contributed by atoms with van der Waals surface area (Å²) in [6.07, 6.45) is 8.15. The van der Waals surface area contributed by atoms with Crippen LogP contribution in [0.1, 0.15) is 111 Å². The molecule has 0 aliphatic heterocycles. The largest absolute Gasteiger partial charge is 0.512 e. The van der Waals surface area contributed by atoms with Gasteiger partial charge in [0.2, 0.25) is 5.70 Å². The lowest BCUT2D eigenvalue weighted by Crippen LogP contribution is -2.29. The van der Waals surface area contributed by atoms with Crippen molar-refractivity contribution < 1.29 is 10.0 Å². The molecule has 0 aromatic heterocycles. The van der Waals surface area contributed by atoms with Crippen LogP contribution in [0.2, 0.25) is 0 Å². The van der Waals surface area contributed by atoms with Crippen molar-refractivity contribution in [2.24, 2.45) is 5.41 Å². The fourth-order valence-corrected chi connectivity index (χ4v) is 7.53. The predicted octanol–water partition coefficient (Wildman–Crippen LogP) is 10.9. The molecule has 4 nitrogen and oxygen atoms in total. The minimum atomic E-state index is -0.567. The molecule has 0 saturated heterocycles. The molecular formula is C41H43NO3. The van der Waals surface area contributed by atoms with Crippen molar-refractivity contribution >= 4 is 12.2 Å². The molecule has 0 radical (unpaired) electrons. The molecule has 4 aromatic carbocycles. The minimum Gasteiger partial charge on any atom is -0.512 e. The van der Waals surface area contributed by atoms with Gasteiger partial charge in [-0.15, -0.1) is 0 Å². The Morgan fingerprint density at radius 3 is 2.20 bits per heavy atom. The molecule has 4 aromatic rings. The van der Waals surface area contributed by atoms with E-state index in [4.69, 9.17) is 0 Å². The van der Waals surface area contributed by atoms with Gasteiger partial charge in [0.05, 0.1) is 16.1 Å². The first-order valence-corrected chi connectivity index (χ1v) is 16.2. The number of nitro groups is 1. The van der Waals surface area contributed by atoms with Gasteiger partial charge in [-0.3, -0.25) is 10.1 Å². The Bertz CT molecular complexity index is 1790. The lowest BCUT2D eigenvalue weighted by atomic mass is 9.66. The molecule has 0 saturated carbocycles. The zero-order chi connectivity index (χ0) is 31.9. The topological polar surface area (TPSA) is 63.4 Å². The number of hydrogen-bond donors (Lipinski definition) is 1. The van der Waals surface area contributed by atoms with Crippen molar-refractivity contribution in [1.29, 1.82) is 0 Å². The average molecular weight is 598 g/mol. The second kappa shape index (κ2) is 11.8. The Balaban J connectivity index is 1.63. The second-order valence-electron chi connectivity index (χ2n) is 14.0. The van der Waals surface area contributed by atoms with Gasteiger partial charge in [-0.1, -0.05) is 119 Å². The van der Waals surface area contributed by atoms with Gasteiger partial charge in [-0.2, -0.15) is 0 Å². The Kier molecular flexibility index (Phi) is 8.03. The smallest absolute Gasteiger partial charge is 0.243 e. The summed E-state index contributed by atoms with van der Waals surface area (Å²) in [7, 11) is 0. The third kappa shape index (κ3) is 5.52. The van der Waals surface area contributed by atoms with E-state index in [1.165, 1.54) is 38.9 Å². The summed E-state index contributed by atoms with van der Waals surface area (Å²) >= 11 is 0. The summed E-state index contributed by atoms with van der Waals surface area (Å²) in [5, 5.41) is 22.3. The maximum absolute atomic E-state index is 11.5. The average Bonchev–Trinajstić information content (AvgIpc) is 3.31. The van der Waals surface area contributed by atoms with Crippen LogP contribution in [0, 0.1) is 15.5 Å². The van der Waals surface area contributed by atoms with Gasteiger partial charge in [-0.25, -0.2) is 0 Å². The highest BCUT2D eigenvalue weighted by molar-refractivity contribution is 5.86. The van der Waals surface area contributed by atoms with Gasteiger partial charge in [0.1, 0.15) is 0 Å². The molecular weight excluding hydrogens is 554 g/mol. The van der Waals surface area contributed by atoms with Crippen LogP contribution in [0.15, 0.2) is 96.4 Å². The van der Waals surface area contributed by atoms with E-state index >= 15 is 0 Å². The Morgan fingerprint density at radius 2 is 1.58 bits per heavy atom. The van der Waals surface area contributed by atoms with Crippen LogP contribution in [0.4, 0.5) is 0 Å². The highest BCUT2D eigenvalue weighted by atomic mass is 16.6. The molecule has 0 heterocycles. The Morgan fingerprint density at radius 1 is 0.956 bits per heavy atom. The molecule has 2 aliphatic rings. The van der Waals surface area contributed by atoms with Crippen LogP contribution in [-0.2, 0) is 11.8 Å². The maximum Gasteiger partial charge on any atom is 0.243 e. The van der Waals surface area contributed by atoms with Crippen molar-refractivity contribution in [3.05, 3.63) is 151 Å². The molecule has 1 unspecified atom stereocenters. The van der Waals surface area contributed by atoms with Crippen molar-refractivity contribution in [2.45, 2.75) is 78.1 Å². The van der Waals surface area contributed by atoms with Gasteiger partial charge in [0.25, 0.3) is 0 Å². The molecule has 0 amide bonds. The number of fused-ring (bicyclic) bond motifs is 4. The van der Waals surface area contributed by atoms with Gasteiger partial charge in [0, 0.05) is 19.4 Å². The molecule has 1 atom stereocenters. The van der Waals surface area contributed by atoms with Crippen molar-refractivity contribution in [1.82, 2.24) is 0 Å². The van der Waals surface area contributed by atoms with E-state index in [-0.39, 0.29) is 22.0 Å². The van der Waals surface area contributed by atoms with Crippen LogP contribution >= 0.6 is 0 Å². The Hall–Kier alpha value is -4.44. The summed E-state index contributed by atoms with van der Waals surface area (Å²) in [6.45, 7) is 10.6. The van der Waals surface area contributed by atoms with E-state index < -0.39 is 5.41 Å². The van der Waals surface area contributed by atoms with Crippen LogP contribution in [0.5, 0.6) is 0 Å². The number of allylic oxidation sites excluding steroid dienone is 2. The predicted molar refractivity (Wildman–Crippen MR) is 185 cm³/mol. The number of hydrogen-bond acceptors (Lipinski definition) is 3. The summed E-state index contributed by atoms with van der Waals surface area (Å²) in [6, 6.07) is 30.9. The number of nitrogens with zero attached hydrogens (tertiary/aromatic N) is 1. The van der Waals surface area contributed by atoms with E-state index in [2.05, 4.69) is 113 Å². The van der Waals surface area contributed by atoms with E-state index in [0.717, 1.165) is 42.4 Å². The molecule has 1 N–H and O–H groups in total. The SMILES string of the molecule is CCCc1cc(C2(c3ccc4c(c3)C(CCC(C)(C)C)CC(O)=C4)c3ccccc3-c3ccccc32)ccc1/C=C(\C)[N+](=O)[O-]. The molecule has 2 aliphatic carbocycles. The quantitative estimate of drug-likeness (QED) is 0.143. The van der Waals surface area contributed by atoms with Crippen molar-refractivity contribution in [2.75, 3.05) is 0 Å². The van der Waals surface area contributed by atoms with Crippen LogP contribution in [-0.4, -0.2) is 10.0 Å². The maximum atomic E-state index is 11.5. The van der Waals surface area contributed by atoms with Crippen LogP contribution < -0.4 is 0 Å². The zero-order valence-corrected chi connectivity index (χ0v) is 27.1. The number of aliphatic hydroxyl groups is 1. The van der Waals surface area contributed by atoms with Crippen LogP contribution in [0.25, 0.3) is 23.3 Å². The zero-order valence-electron chi connectivity index (χ0n) is 27.1. The molecule has 0 bridgehead atoms. The lowest BCUT2D eigenvalue weighted by Gasteiger charge is -2.36. The van der Waals surface area contributed by atoms with Gasteiger partial charge in [-0.05, 0) is 92.3 Å². The van der Waals surface area contributed by atoms with E-state index in [1.807, 2.05) is 6.08 Å². The molecule has 0 spiro atoms. The first-order chi connectivity index (χ1) is 21.5. The van der Waals surface area contributed by atoms with Gasteiger partial charge >= 0.3 is 0 Å². The normalized spacial score (nSPS) is 16.9. The third-order valence-corrected chi connectivity index (χ3v) is 9.68. The standard InChI is InChI=1S/C41H43NO3/c1-6-11-28-23-32(18-16-29(28)22-27(2)42(44)45)41(38-14-9-7-12-35(38)36-13-8-10-15-39(36)41)33-19-17-30-24-34(43)25-31(37(30)26-33)20-21-40(3,4)5/h7-10,12-19,22-24,26,31,43H,6,11,20-21,25H2,1-5H3/b27-22+. The second-order valence-corrected chi connectivity index (χ2v) is 14.0. The van der Waals surface area contributed by atoms with E-state index in [1.54, 1.807) is 13.0 Å². The van der Waals surface area contributed by atoms with Crippen molar-refractivity contribution in [3.8, 4) is 11.1 Å². The minimum absolute atomic E-state index is 0.138. The molecule has 230 valence electrons. The lowest BCUT2D eigenvalue weighted by molar-refractivity contribution is -0.422. The fraction of sp³-hybridized carbons (Fsp3) is 0.317. The summed E-state index contributed by atoms with van der Waals surface area (Å²) in [5.74, 6) is 0.694. The van der Waals surface area contributed by atoms with Gasteiger partial charge < -0.3 is 5.11 Å². The highest BCUT2D eigenvalue weighted by Gasteiger charge is 2.46. The van der Waals surface area contributed by atoms with Crippen molar-refractivity contribution in [3.63, 3.8) is 0 Å². The fourth-order valence-electron chi connectivity index (χ4n) is 7.53. The van der Waals surface area contributed by atoms with E-state index in [9.17, 15) is 15.2 Å². The number of rotatable bonds is 8. The van der Waals surface area contributed by atoms with Gasteiger partial charge in [0.15, 0.2) is 0 Å². The molecule has 45 heavy (non-hydrogen) atoms. The summed E-state index contributed by atoms with van der Waals surface area (Å²) in [5.41, 5.74) is 11.5. The molecule has 6 rings (SSSR count). The molecule has 0 fully saturated rings. The molecule has 4 heteroatoms. The highest BCUT2D eigenvalue weighted by Crippen LogP contribution is 2.57. The summed E-state index contributed by atoms with van der Waals surface area (Å²) < 4.78 is 0. The van der Waals surface area contributed by atoms with Crippen LogP contribution in [0.3, 0.4) is 0 Å². The summed E-state index contributed by atoms with van der Waals surface area (Å²) in [4.78, 5) is 11.2. The Labute approximate surface area is 267 Å². The number of aryl methyl sites for hydroxylation is 1. The number of benzene rings is 4. The third-order valence-electron chi connectivity index (χ3n) is 9.68.